The molecule has 0 aliphatic heterocycles. The van der Waals surface area contributed by atoms with Crippen molar-refractivity contribution in [2.75, 3.05) is 17.4 Å². The minimum absolute atomic E-state index is 0.502. The molecule has 3 N–H and O–H groups in total. The van der Waals surface area contributed by atoms with Gasteiger partial charge in [0.05, 0.1) is 5.39 Å². The summed E-state index contributed by atoms with van der Waals surface area (Å²) >= 11 is 1.73. The van der Waals surface area contributed by atoms with E-state index in [1.165, 1.54) is 30.6 Å². The molecule has 0 bridgehead atoms. The maximum Gasteiger partial charge on any atom is 0.240 e. The molecular formula is C14H21N5S. The van der Waals surface area contributed by atoms with Crippen LogP contribution in [0.3, 0.4) is 0 Å². The van der Waals surface area contributed by atoms with Gasteiger partial charge in [-0.15, -0.1) is 11.3 Å². The molecule has 2 aromatic heterocycles. The molecule has 1 fully saturated rings. The fourth-order valence-electron chi connectivity index (χ4n) is 2.93. The minimum Gasteiger partial charge on any atom is -0.356 e. The quantitative estimate of drug-likeness (QED) is 0.669. The van der Waals surface area contributed by atoms with E-state index in [0.717, 1.165) is 22.5 Å². The van der Waals surface area contributed by atoms with E-state index in [1.54, 1.807) is 11.3 Å². The van der Waals surface area contributed by atoms with Gasteiger partial charge in [0.25, 0.3) is 0 Å². The van der Waals surface area contributed by atoms with Crippen molar-refractivity contribution in [3.05, 3.63) is 10.9 Å². The van der Waals surface area contributed by atoms with E-state index in [0.29, 0.717) is 12.0 Å². The average molecular weight is 291 g/mol. The summed E-state index contributed by atoms with van der Waals surface area (Å²) in [5.74, 6) is 7.02. The van der Waals surface area contributed by atoms with Crippen molar-refractivity contribution in [1.29, 1.82) is 0 Å². The molecule has 0 saturated heterocycles. The summed E-state index contributed by atoms with van der Waals surface area (Å²) in [5, 5.41) is 1.15. The molecular weight excluding hydrogens is 270 g/mol. The highest BCUT2D eigenvalue weighted by atomic mass is 32.1. The summed E-state index contributed by atoms with van der Waals surface area (Å²) in [7, 11) is 2.14. The molecule has 1 aliphatic rings. The Hall–Kier alpha value is -1.40. The van der Waals surface area contributed by atoms with E-state index in [2.05, 4.69) is 40.3 Å². The average Bonchev–Trinajstić information content (AvgIpc) is 3.13. The van der Waals surface area contributed by atoms with Gasteiger partial charge in [0.15, 0.2) is 0 Å². The number of aryl methyl sites for hydroxylation is 1. The second-order valence-electron chi connectivity index (χ2n) is 5.35. The largest absolute Gasteiger partial charge is 0.356 e. The zero-order valence-electron chi connectivity index (χ0n) is 12.0. The van der Waals surface area contributed by atoms with Gasteiger partial charge < -0.3 is 4.90 Å². The van der Waals surface area contributed by atoms with Crippen LogP contribution in [-0.2, 0) is 6.42 Å². The molecule has 2 aromatic rings. The number of aromatic nitrogens is 2. The molecule has 0 spiro atoms. The fourth-order valence-corrected chi connectivity index (χ4v) is 3.89. The second-order valence-corrected chi connectivity index (χ2v) is 6.46. The summed E-state index contributed by atoms with van der Waals surface area (Å²) in [6.07, 6.45) is 6.15. The molecule has 0 amide bonds. The topological polar surface area (TPSA) is 67.1 Å². The highest BCUT2D eigenvalue weighted by Crippen LogP contribution is 2.34. The lowest BCUT2D eigenvalue weighted by Gasteiger charge is -2.26. The molecule has 0 unspecified atom stereocenters. The maximum absolute atomic E-state index is 5.51. The van der Waals surface area contributed by atoms with Gasteiger partial charge in [-0.2, -0.15) is 4.98 Å². The number of anilines is 2. The van der Waals surface area contributed by atoms with Crippen LogP contribution >= 0.6 is 11.3 Å². The predicted octanol–water partition coefficient (Wildman–Crippen LogP) is 2.92. The van der Waals surface area contributed by atoms with Crippen LogP contribution in [0.2, 0.25) is 0 Å². The zero-order chi connectivity index (χ0) is 14.1. The number of nitrogens with zero attached hydrogens (tertiary/aromatic N) is 3. The highest BCUT2D eigenvalue weighted by molar-refractivity contribution is 7.18. The van der Waals surface area contributed by atoms with Gasteiger partial charge in [-0.1, -0.05) is 19.8 Å². The lowest BCUT2D eigenvalue weighted by Crippen LogP contribution is -2.30. The van der Waals surface area contributed by atoms with Crippen molar-refractivity contribution in [3.8, 4) is 0 Å². The summed E-state index contributed by atoms with van der Waals surface area (Å²) in [6, 6.07) is 2.81. The summed E-state index contributed by atoms with van der Waals surface area (Å²) in [5.41, 5.74) is 2.59. The van der Waals surface area contributed by atoms with Gasteiger partial charge in [-0.25, -0.2) is 10.8 Å². The normalized spacial score (nSPS) is 15.9. The molecule has 0 radical (unpaired) electrons. The van der Waals surface area contributed by atoms with Gasteiger partial charge in [0.1, 0.15) is 10.6 Å². The Morgan fingerprint density at radius 3 is 2.80 bits per heavy atom. The number of hydrazine groups is 1. The molecule has 20 heavy (non-hydrogen) atoms. The van der Waals surface area contributed by atoms with Crippen LogP contribution in [0.5, 0.6) is 0 Å². The summed E-state index contributed by atoms with van der Waals surface area (Å²) < 4.78 is 0. The van der Waals surface area contributed by atoms with Crippen LogP contribution < -0.4 is 16.2 Å². The number of hydrogen-bond donors (Lipinski definition) is 2. The Kier molecular flexibility index (Phi) is 3.76. The first-order valence-corrected chi connectivity index (χ1v) is 8.04. The van der Waals surface area contributed by atoms with Crippen LogP contribution in [0.15, 0.2) is 6.07 Å². The Balaban J connectivity index is 2.08. The molecule has 108 valence electrons. The molecule has 6 heteroatoms. The van der Waals surface area contributed by atoms with Crippen LogP contribution in [0.1, 0.15) is 37.5 Å². The third kappa shape index (κ3) is 2.33. The first kappa shape index (κ1) is 13.6. The van der Waals surface area contributed by atoms with E-state index in [9.17, 15) is 0 Å². The van der Waals surface area contributed by atoms with Gasteiger partial charge in [-0.3, -0.25) is 5.43 Å². The SMILES string of the molecule is CCc1cc2c(N(C)C3CCCC3)nc(NN)nc2s1. The van der Waals surface area contributed by atoms with E-state index in [4.69, 9.17) is 5.84 Å². The van der Waals surface area contributed by atoms with Crippen LogP contribution in [0.4, 0.5) is 11.8 Å². The third-order valence-electron chi connectivity index (χ3n) is 4.11. The molecule has 1 saturated carbocycles. The van der Waals surface area contributed by atoms with Crippen molar-refractivity contribution in [3.63, 3.8) is 0 Å². The van der Waals surface area contributed by atoms with Crippen molar-refractivity contribution >= 4 is 33.3 Å². The monoisotopic (exact) mass is 291 g/mol. The number of thiophene rings is 1. The smallest absolute Gasteiger partial charge is 0.240 e. The van der Waals surface area contributed by atoms with Crippen molar-refractivity contribution in [1.82, 2.24) is 9.97 Å². The van der Waals surface area contributed by atoms with Gasteiger partial charge in [0, 0.05) is 18.0 Å². The van der Waals surface area contributed by atoms with Gasteiger partial charge >= 0.3 is 0 Å². The second kappa shape index (κ2) is 5.54. The lowest BCUT2D eigenvalue weighted by atomic mass is 10.2. The molecule has 3 rings (SSSR count). The lowest BCUT2D eigenvalue weighted by molar-refractivity contribution is 0.648. The Bertz CT molecular complexity index is 603. The van der Waals surface area contributed by atoms with E-state index >= 15 is 0 Å². The van der Waals surface area contributed by atoms with E-state index in [-0.39, 0.29) is 0 Å². The number of nitrogen functional groups attached to an aromatic ring is 1. The predicted molar refractivity (Wildman–Crippen MR) is 85.3 cm³/mol. The number of rotatable bonds is 4. The first-order valence-electron chi connectivity index (χ1n) is 7.22. The fraction of sp³-hybridized carbons (Fsp3) is 0.571. The zero-order valence-corrected chi connectivity index (χ0v) is 12.8. The number of hydrogen-bond acceptors (Lipinski definition) is 6. The van der Waals surface area contributed by atoms with E-state index < -0.39 is 0 Å². The van der Waals surface area contributed by atoms with Gasteiger partial charge in [-0.05, 0) is 25.3 Å². The van der Waals surface area contributed by atoms with Crippen molar-refractivity contribution < 1.29 is 0 Å². The molecule has 5 nitrogen and oxygen atoms in total. The Morgan fingerprint density at radius 1 is 1.40 bits per heavy atom. The maximum atomic E-state index is 5.51. The standard InChI is InChI=1S/C14H21N5S/c1-3-10-8-11-12(19(2)9-6-4-5-7-9)16-14(18-15)17-13(11)20-10/h8-9H,3-7,15H2,1-2H3,(H,16,17,18). The highest BCUT2D eigenvalue weighted by Gasteiger charge is 2.23. The molecule has 2 heterocycles. The molecule has 1 aliphatic carbocycles. The van der Waals surface area contributed by atoms with Crippen molar-refractivity contribution in [2.45, 2.75) is 45.1 Å². The Labute approximate surface area is 123 Å². The number of fused-ring (bicyclic) bond motifs is 1. The molecule has 0 atom stereocenters. The first-order chi connectivity index (χ1) is 9.72. The number of nitrogens with two attached hydrogens (primary N) is 1. The number of nitrogens with one attached hydrogen (secondary N) is 1. The molecule has 0 aromatic carbocycles. The van der Waals surface area contributed by atoms with E-state index in [1.807, 2.05) is 0 Å². The van der Waals surface area contributed by atoms with Crippen LogP contribution in [0.25, 0.3) is 10.2 Å². The Morgan fingerprint density at radius 2 is 2.15 bits per heavy atom. The summed E-state index contributed by atoms with van der Waals surface area (Å²) in [6.45, 7) is 2.17. The third-order valence-corrected chi connectivity index (χ3v) is 5.28. The summed E-state index contributed by atoms with van der Waals surface area (Å²) in [4.78, 5) is 13.7. The van der Waals surface area contributed by atoms with Crippen LogP contribution in [0, 0.1) is 0 Å². The van der Waals surface area contributed by atoms with Gasteiger partial charge in [0.2, 0.25) is 5.95 Å². The van der Waals surface area contributed by atoms with Crippen molar-refractivity contribution in [2.24, 2.45) is 5.84 Å². The van der Waals surface area contributed by atoms with Crippen LogP contribution in [-0.4, -0.2) is 23.1 Å². The minimum atomic E-state index is 0.502.